The first kappa shape index (κ1) is 40.1. The molecule has 2 aromatic heterocycles. The van der Waals surface area contributed by atoms with E-state index in [9.17, 15) is 0 Å². The first-order valence-electron chi connectivity index (χ1n) is 23.6. The Morgan fingerprint density at radius 3 is 1.49 bits per heavy atom. The van der Waals surface area contributed by atoms with Crippen molar-refractivity contribution in [3.05, 3.63) is 267 Å². The number of aromatic nitrogens is 1. The van der Waals surface area contributed by atoms with Gasteiger partial charge in [-0.15, -0.1) is 0 Å². The Morgan fingerprint density at radius 1 is 0.290 bits per heavy atom. The van der Waals surface area contributed by atoms with Crippen molar-refractivity contribution in [2.24, 2.45) is 0 Å². The molecule has 2 heterocycles. The molecule has 0 radical (unpaired) electrons. The second-order valence-corrected chi connectivity index (χ2v) is 17.6. The third-order valence-electron chi connectivity index (χ3n) is 13.6. The van der Waals surface area contributed by atoms with Crippen LogP contribution in [0.5, 0.6) is 0 Å². The molecule has 0 N–H and O–H groups in total. The average Bonchev–Trinajstić information content (AvgIpc) is 3.98. The van der Waals surface area contributed by atoms with Gasteiger partial charge in [0.1, 0.15) is 11.2 Å². The summed E-state index contributed by atoms with van der Waals surface area (Å²) in [6, 6.07) is 96.2. The van der Waals surface area contributed by atoms with E-state index in [2.05, 4.69) is 264 Å². The van der Waals surface area contributed by atoms with Crippen molar-refractivity contribution >= 4 is 60.8 Å². The topological polar surface area (TPSA) is 21.3 Å². The molecule has 13 aromatic rings. The molecule has 0 aliphatic rings. The average molecular weight is 881 g/mol. The molecule has 0 amide bonds. The molecule has 3 nitrogen and oxygen atoms in total. The normalized spacial score (nSPS) is 11.5. The Kier molecular flexibility index (Phi) is 9.84. The zero-order chi connectivity index (χ0) is 45.7. The molecule has 11 aromatic carbocycles. The van der Waals surface area contributed by atoms with E-state index in [-0.39, 0.29) is 0 Å². The Balaban J connectivity index is 1.00. The standard InChI is InChI=1S/C66H44N2O/c1-3-19-45(20-4-1)53-27-7-8-31-60(53)65-54(46-21-5-2-6-22-46)32-17-33-55(65)48-23-15-24-50(43-48)67(49-41-39-47(40-42-49)56-34-18-35-61-59-30-11-14-38-64(59)69-66(56)61)51-25-16-26-52(44-51)68-62-36-12-9-28-57(62)58-29-10-13-37-63(58)68/h1-44H. The highest BCUT2D eigenvalue weighted by atomic mass is 16.3. The van der Waals surface area contributed by atoms with Crippen molar-refractivity contribution in [3.63, 3.8) is 0 Å². The minimum Gasteiger partial charge on any atom is -0.455 e. The van der Waals surface area contributed by atoms with Gasteiger partial charge in [0.05, 0.1) is 11.0 Å². The van der Waals surface area contributed by atoms with E-state index in [1.807, 2.05) is 12.1 Å². The van der Waals surface area contributed by atoms with Crippen molar-refractivity contribution < 1.29 is 4.42 Å². The Morgan fingerprint density at radius 2 is 0.768 bits per heavy atom. The van der Waals surface area contributed by atoms with Crippen molar-refractivity contribution in [2.75, 3.05) is 4.90 Å². The molecular weight excluding hydrogens is 837 g/mol. The highest BCUT2D eigenvalue weighted by Crippen LogP contribution is 2.46. The summed E-state index contributed by atoms with van der Waals surface area (Å²) in [7, 11) is 0. The summed E-state index contributed by atoms with van der Waals surface area (Å²) in [6.45, 7) is 0. The smallest absolute Gasteiger partial charge is 0.143 e. The molecule has 0 spiro atoms. The predicted octanol–water partition coefficient (Wildman–Crippen LogP) is 18.5. The van der Waals surface area contributed by atoms with Crippen LogP contribution in [0.1, 0.15) is 0 Å². The maximum atomic E-state index is 6.52. The zero-order valence-electron chi connectivity index (χ0n) is 37.7. The van der Waals surface area contributed by atoms with E-state index in [1.165, 1.54) is 55.2 Å². The number of anilines is 3. The van der Waals surface area contributed by atoms with Crippen LogP contribution in [0.2, 0.25) is 0 Å². The number of para-hydroxylation sites is 4. The van der Waals surface area contributed by atoms with Gasteiger partial charge in [-0.2, -0.15) is 0 Å². The van der Waals surface area contributed by atoms with Gasteiger partial charge in [-0.3, -0.25) is 0 Å². The van der Waals surface area contributed by atoms with Gasteiger partial charge in [0.2, 0.25) is 0 Å². The van der Waals surface area contributed by atoms with Crippen LogP contribution in [0.15, 0.2) is 271 Å². The molecule has 69 heavy (non-hydrogen) atoms. The van der Waals surface area contributed by atoms with E-state index in [0.717, 1.165) is 66.9 Å². The van der Waals surface area contributed by atoms with Gasteiger partial charge < -0.3 is 13.9 Å². The van der Waals surface area contributed by atoms with Gasteiger partial charge in [-0.1, -0.05) is 206 Å². The summed E-state index contributed by atoms with van der Waals surface area (Å²) in [4.78, 5) is 2.39. The second-order valence-electron chi connectivity index (χ2n) is 17.6. The van der Waals surface area contributed by atoms with E-state index in [4.69, 9.17) is 4.42 Å². The van der Waals surface area contributed by atoms with Crippen molar-refractivity contribution in [1.29, 1.82) is 0 Å². The van der Waals surface area contributed by atoms with Crippen LogP contribution in [0.25, 0.3) is 105 Å². The van der Waals surface area contributed by atoms with Crippen LogP contribution in [0.4, 0.5) is 17.1 Å². The minimum absolute atomic E-state index is 0.895. The molecule has 0 aliphatic heterocycles. The number of nitrogens with zero attached hydrogens (tertiary/aromatic N) is 2. The first-order chi connectivity index (χ1) is 34.2. The molecule has 0 aliphatic carbocycles. The summed E-state index contributed by atoms with van der Waals surface area (Å²) in [5.41, 5.74) is 20.0. The van der Waals surface area contributed by atoms with Gasteiger partial charge in [0, 0.05) is 49.9 Å². The maximum Gasteiger partial charge on any atom is 0.143 e. The van der Waals surface area contributed by atoms with Crippen molar-refractivity contribution in [2.45, 2.75) is 0 Å². The van der Waals surface area contributed by atoms with E-state index < -0.39 is 0 Å². The van der Waals surface area contributed by atoms with Gasteiger partial charge >= 0.3 is 0 Å². The van der Waals surface area contributed by atoms with Crippen molar-refractivity contribution in [1.82, 2.24) is 4.57 Å². The maximum absolute atomic E-state index is 6.52. The first-order valence-corrected chi connectivity index (χ1v) is 23.6. The van der Waals surface area contributed by atoms with Crippen LogP contribution >= 0.6 is 0 Å². The monoisotopic (exact) mass is 880 g/mol. The number of benzene rings is 11. The zero-order valence-corrected chi connectivity index (χ0v) is 37.7. The lowest BCUT2D eigenvalue weighted by molar-refractivity contribution is 0.670. The van der Waals surface area contributed by atoms with E-state index in [1.54, 1.807) is 0 Å². The quantitative estimate of drug-likeness (QED) is 0.144. The molecular formula is C66H44N2O. The van der Waals surface area contributed by atoms with Crippen LogP contribution in [-0.4, -0.2) is 4.57 Å². The summed E-state index contributed by atoms with van der Waals surface area (Å²) in [5.74, 6) is 0. The predicted molar refractivity (Wildman–Crippen MR) is 290 cm³/mol. The largest absolute Gasteiger partial charge is 0.455 e. The van der Waals surface area contributed by atoms with Gasteiger partial charge in [-0.25, -0.2) is 0 Å². The third kappa shape index (κ3) is 6.99. The van der Waals surface area contributed by atoms with E-state index in [0.29, 0.717) is 0 Å². The molecule has 0 bridgehead atoms. The second kappa shape index (κ2) is 16.9. The summed E-state index contributed by atoms with van der Waals surface area (Å²) in [5, 5.41) is 4.72. The summed E-state index contributed by atoms with van der Waals surface area (Å²) < 4.78 is 8.91. The van der Waals surface area contributed by atoms with Gasteiger partial charge in [0.25, 0.3) is 0 Å². The van der Waals surface area contributed by atoms with E-state index >= 15 is 0 Å². The lowest BCUT2D eigenvalue weighted by atomic mass is 9.84. The SMILES string of the molecule is c1ccc(-c2ccccc2-c2c(-c3ccccc3)cccc2-c2cccc(N(c3ccc(-c4cccc5c4oc4ccccc45)cc3)c3cccc(-n4c5ccccc5c5ccccc54)c3)c2)cc1. The lowest BCUT2D eigenvalue weighted by Gasteiger charge is -2.27. The molecule has 0 unspecified atom stereocenters. The molecule has 0 fully saturated rings. The van der Waals surface area contributed by atoms with Gasteiger partial charge in [0.15, 0.2) is 0 Å². The van der Waals surface area contributed by atoms with Crippen molar-refractivity contribution in [3.8, 4) is 61.3 Å². The number of furan rings is 1. The fourth-order valence-electron chi connectivity index (χ4n) is 10.5. The lowest BCUT2D eigenvalue weighted by Crippen LogP contribution is -2.10. The number of hydrogen-bond acceptors (Lipinski definition) is 2. The molecule has 0 atom stereocenters. The minimum atomic E-state index is 0.895. The summed E-state index contributed by atoms with van der Waals surface area (Å²) >= 11 is 0. The summed E-state index contributed by atoms with van der Waals surface area (Å²) in [6.07, 6.45) is 0. The highest BCUT2D eigenvalue weighted by molar-refractivity contribution is 6.11. The molecule has 324 valence electrons. The van der Waals surface area contributed by atoms with Gasteiger partial charge in [-0.05, 0) is 111 Å². The Labute approximate surface area is 401 Å². The van der Waals surface area contributed by atoms with Crippen LogP contribution in [0.3, 0.4) is 0 Å². The molecule has 3 heteroatoms. The Bertz CT molecular complexity index is 3960. The molecule has 13 rings (SSSR count). The molecule has 0 saturated carbocycles. The Hall–Kier alpha value is -9.18. The number of fused-ring (bicyclic) bond motifs is 6. The third-order valence-corrected chi connectivity index (χ3v) is 13.6. The highest BCUT2D eigenvalue weighted by Gasteiger charge is 2.21. The fourth-order valence-corrected chi connectivity index (χ4v) is 10.5. The van der Waals surface area contributed by atoms with Crippen LogP contribution in [0, 0.1) is 0 Å². The number of rotatable bonds is 9. The van der Waals surface area contributed by atoms with Crippen LogP contribution < -0.4 is 4.90 Å². The van der Waals surface area contributed by atoms with Crippen LogP contribution in [-0.2, 0) is 0 Å². The number of hydrogen-bond donors (Lipinski definition) is 0. The fraction of sp³-hybridized carbons (Fsp3) is 0. The molecule has 0 saturated heterocycles.